The van der Waals surface area contributed by atoms with E-state index in [4.69, 9.17) is 0 Å². The molecule has 1 aromatic heterocycles. The van der Waals surface area contributed by atoms with Crippen LogP contribution >= 0.6 is 15.9 Å². The van der Waals surface area contributed by atoms with Crippen LogP contribution in [0.25, 0.3) is 21.8 Å². The molecule has 1 nitrogen and oxygen atoms in total. The van der Waals surface area contributed by atoms with E-state index in [1.54, 1.807) is 0 Å². The Hall–Kier alpha value is -1.80. The van der Waals surface area contributed by atoms with Crippen molar-refractivity contribution >= 4 is 37.7 Å². The van der Waals surface area contributed by atoms with Crippen molar-refractivity contribution in [3.8, 4) is 0 Å². The SMILES string of the molecule is BrC1=CC=CC(n2c3ccccc3c3ccccc32)C1. The van der Waals surface area contributed by atoms with Gasteiger partial charge in [-0.25, -0.2) is 0 Å². The van der Waals surface area contributed by atoms with Crippen LogP contribution in [0.4, 0.5) is 0 Å². The minimum atomic E-state index is 0.374. The number of para-hydroxylation sites is 2. The number of nitrogens with zero attached hydrogens (tertiary/aromatic N) is 1. The molecule has 0 radical (unpaired) electrons. The molecule has 1 heterocycles. The molecule has 2 heteroatoms. The van der Waals surface area contributed by atoms with E-state index in [2.05, 4.69) is 87.3 Å². The summed E-state index contributed by atoms with van der Waals surface area (Å²) in [7, 11) is 0. The first-order chi connectivity index (χ1) is 9.84. The standard InChI is InChI=1S/C18H14BrN/c19-13-6-5-7-14(12-13)20-17-10-3-1-8-15(17)16-9-2-4-11-18(16)20/h1-11,14H,12H2. The molecule has 1 aliphatic rings. The van der Waals surface area contributed by atoms with Crippen LogP contribution in [0, 0.1) is 0 Å². The molecular formula is C18H14BrN. The maximum atomic E-state index is 3.64. The fraction of sp³-hybridized carbons (Fsp3) is 0.111. The van der Waals surface area contributed by atoms with Gasteiger partial charge in [-0.1, -0.05) is 70.6 Å². The van der Waals surface area contributed by atoms with Crippen LogP contribution in [0.5, 0.6) is 0 Å². The molecule has 3 aromatic rings. The zero-order valence-corrected chi connectivity index (χ0v) is 12.5. The van der Waals surface area contributed by atoms with Gasteiger partial charge in [-0.05, 0) is 16.6 Å². The highest BCUT2D eigenvalue weighted by Gasteiger charge is 2.17. The van der Waals surface area contributed by atoms with Crippen LogP contribution in [0.3, 0.4) is 0 Å². The number of hydrogen-bond acceptors (Lipinski definition) is 0. The van der Waals surface area contributed by atoms with Crippen molar-refractivity contribution < 1.29 is 0 Å². The maximum Gasteiger partial charge on any atom is 0.0571 e. The predicted octanol–water partition coefficient (Wildman–Crippen LogP) is 5.57. The number of benzene rings is 2. The summed E-state index contributed by atoms with van der Waals surface area (Å²) in [6.45, 7) is 0. The molecule has 0 fully saturated rings. The Kier molecular flexibility index (Phi) is 2.78. The predicted molar refractivity (Wildman–Crippen MR) is 89.2 cm³/mol. The smallest absolute Gasteiger partial charge is 0.0571 e. The molecule has 2 aromatic carbocycles. The van der Waals surface area contributed by atoms with Gasteiger partial charge in [-0.3, -0.25) is 0 Å². The van der Waals surface area contributed by atoms with Crippen LogP contribution in [-0.2, 0) is 0 Å². The number of hydrogen-bond donors (Lipinski definition) is 0. The van der Waals surface area contributed by atoms with Crippen molar-refractivity contribution in [1.29, 1.82) is 0 Å². The third-order valence-corrected chi connectivity index (χ3v) is 4.55. The minimum Gasteiger partial charge on any atom is -0.333 e. The molecular weight excluding hydrogens is 310 g/mol. The first-order valence-corrected chi connectivity index (χ1v) is 7.64. The van der Waals surface area contributed by atoms with E-state index in [-0.39, 0.29) is 0 Å². The second-order valence-electron chi connectivity index (χ2n) is 5.17. The topological polar surface area (TPSA) is 4.93 Å². The quantitative estimate of drug-likeness (QED) is 0.551. The summed E-state index contributed by atoms with van der Waals surface area (Å²) >= 11 is 3.64. The van der Waals surface area contributed by atoms with Gasteiger partial charge in [0.25, 0.3) is 0 Å². The molecule has 0 saturated carbocycles. The lowest BCUT2D eigenvalue weighted by atomic mass is 10.1. The normalized spacial score (nSPS) is 18.6. The summed E-state index contributed by atoms with van der Waals surface area (Å²) in [5, 5.41) is 2.67. The first kappa shape index (κ1) is 12.0. The van der Waals surface area contributed by atoms with Crippen molar-refractivity contribution in [2.24, 2.45) is 0 Å². The summed E-state index contributed by atoms with van der Waals surface area (Å²) < 4.78 is 3.71. The van der Waals surface area contributed by atoms with Crippen molar-refractivity contribution in [2.45, 2.75) is 12.5 Å². The summed E-state index contributed by atoms with van der Waals surface area (Å²) in [4.78, 5) is 0. The van der Waals surface area contributed by atoms with Gasteiger partial charge >= 0.3 is 0 Å². The Morgan fingerprint density at radius 2 is 1.50 bits per heavy atom. The van der Waals surface area contributed by atoms with Crippen LogP contribution in [0.1, 0.15) is 12.5 Å². The Bertz CT molecular complexity index is 801. The molecule has 98 valence electrons. The van der Waals surface area contributed by atoms with Crippen LogP contribution in [-0.4, -0.2) is 4.57 Å². The fourth-order valence-electron chi connectivity index (χ4n) is 3.11. The number of halogens is 1. The second-order valence-corrected chi connectivity index (χ2v) is 6.19. The monoisotopic (exact) mass is 323 g/mol. The molecule has 0 saturated heterocycles. The highest BCUT2D eigenvalue weighted by atomic mass is 79.9. The van der Waals surface area contributed by atoms with Crippen molar-refractivity contribution in [3.63, 3.8) is 0 Å². The van der Waals surface area contributed by atoms with Crippen LogP contribution in [0.15, 0.2) is 71.2 Å². The zero-order chi connectivity index (χ0) is 13.5. The Morgan fingerprint density at radius 3 is 2.10 bits per heavy atom. The Balaban J connectivity index is 2.06. The Morgan fingerprint density at radius 1 is 0.900 bits per heavy atom. The average molecular weight is 324 g/mol. The highest BCUT2D eigenvalue weighted by Crippen LogP contribution is 2.36. The van der Waals surface area contributed by atoms with Gasteiger partial charge in [-0.15, -0.1) is 0 Å². The molecule has 1 aliphatic carbocycles. The number of rotatable bonds is 1. The van der Waals surface area contributed by atoms with E-state index in [1.807, 2.05) is 0 Å². The number of allylic oxidation sites excluding steroid dienone is 4. The third-order valence-electron chi connectivity index (χ3n) is 3.96. The van der Waals surface area contributed by atoms with Crippen LogP contribution in [0.2, 0.25) is 0 Å². The van der Waals surface area contributed by atoms with E-state index >= 15 is 0 Å². The molecule has 0 amide bonds. The maximum absolute atomic E-state index is 3.64. The lowest BCUT2D eigenvalue weighted by Crippen LogP contribution is -2.07. The minimum absolute atomic E-state index is 0.374. The molecule has 20 heavy (non-hydrogen) atoms. The van der Waals surface area contributed by atoms with Gasteiger partial charge in [-0.2, -0.15) is 0 Å². The molecule has 0 N–H and O–H groups in total. The molecule has 4 rings (SSSR count). The summed E-state index contributed by atoms with van der Waals surface area (Å²) in [5.41, 5.74) is 2.62. The van der Waals surface area contributed by atoms with Crippen molar-refractivity contribution in [3.05, 3.63) is 71.2 Å². The number of fused-ring (bicyclic) bond motifs is 3. The van der Waals surface area contributed by atoms with E-state index in [0.717, 1.165) is 6.42 Å². The lowest BCUT2D eigenvalue weighted by molar-refractivity contribution is 0.644. The molecule has 1 unspecified atom stereocenters. The van der Waals surface area contributed by atoms with Crippen molar-refractivity contribution in [1.82, 2.24) is 4.57 Å². The van der Waals surface area contributed by atoms with Gasteiger partial charge in [0.2, 0.25) is 0 Å². The summed E-state index contributed by atoms with van der Waals surface area (Å²) in [5.74, 6) is 0. The van der Waals surface area contributed by atoms with Crippen LogP contribution < -0.4 is 0 Å². The number of aromatic nitrogens is 1. The molecule has 1 atom stereocenters. The van der Waals surface area contributed by atoms with Gasteiger partial charge in [0.15, 0.2) is 0 Å². The van der Waals surface area contributed by atoms with E-state index in [1.165, 1.54) is 26.3 Å². The molecule has 0 spiro atoms. The summed E-state index contributed by atoms with van der Waals surface area (Å²) in [6.07, 6.45) is 7.56. The van der Waals surface area contributed by atoms with Gasteiger partial charge in [0, 0.05) is 28.2 Å². The lowest BCUT2D eigenvalue weighted by Gasteiger charge is -2.20. The van der Waals surface area contributed by atoms with E-state index in [0.29, 0.717) is 6.04 Å². The average Bonchev–Trinajstić information content (AvgIpc) is 2.82. The van der Waals surface area contributed by atoms with E-state index in [9.17, 15) is 0 Å². The van der Waals surface area contributed by atoms with Gasteiger partial charge < -0.3 is 4.57 Å². The Labute approximate surface area is 126 Å². The third kappa shape index (κ3) is 1.75. The van der Waals surface area contributed by atoms with Gasteiger partial charge in [0.05, 0.1) is 6.04 Å². The molecule has 0 aliphatic heterocycles. The zero-order valence-electron chi connectivity index (χ0n) is 11.0. The molecule has 0 bridgehead atoms. The second kappa shape index (κ2) is 4.64. The highest BCUT2D eigenvalue weighted by molar-refractivity contribution is 9.11. The van der Waals surface area contributed by atoms with E-state index < -0.39 is 0 Å². The summed E-state index contributed by atoms with van der Waals surface area (Å²) in [6, 6.07) is 17.7. The van der Waals surface area contributed by atoms with Gasteiger partial charge in [0.1, 0.15) is 0 Å². The largest absolute Gasteiger partial charge is 0.333 e. The van der Waals surface area contributed by atoms with Crippen molar-refractivity contribution in [2.75, 3.05) is 0 Å². The first-order valence-electron chi connectivity index (χ1n) is 6.85. The fourth-order valence-corrected chi connectivity index (χ4v) is 3.60.